The van der Waals surface area contributed by atoms with Crippen molar-refractivity contribution in [3.63, 3.8) is 0 Å². The van der Waals surface area contributed by atoms with Gasteiger partial charge < -0.3 is 10.6 Å². The first-order chi connectivity index (χ1) is 11.1. The van der Waals surface area contributed by atoms with Crippen molar-refractivity contribution in [2.75, 3.05) is 19.6 Å². The van der Waals surface area contributed by atoms with E-state index >= 15 is 0 Å². The maximum absolute atomic E-state index is 12.6. The predicted octanol–water partition coefficient (Wildman–Crippen LogP) is 2.40. The summed E-state index contributed by atoms with van der Waals surface area (Å²) in [6.07, 6.45) is 2.17. The summed E-state index contributed by atoms with van der Waals surface area (Å²) in [6.45, 7) is 6.69. The van der Waals surface area contributed by atoms with E-state index in [1.807, 2.05) is 24.3 Å². The molecule has 23 heavy (non-hydrogen) atoms. The number of urea groups is 1. The number of imide groups is 1. The zero-order valence-corrected chi connectivity index (χ0v) is 13.8. The largest absolute Gasteiger partial charge is 0.325 e. The second kappa shape index (κ2) is 6.71. The molecule has 0 spiro atoms. The maximum Gasteiger partial charge on any atom is 0.325 e. The highest BCUT2D eigenvalue weighted by Crippen LogP contribution is 2.25. The summed E-state index contributed by atoms with van der Waals surface area (Å²) in [7, 11) is 0. The van der Waals surface area contributed by atoms with E-state index in [1.54, 1.807) is 0 Å². The zero-order valence-electron chi connectivity index (χ0n) is 13.8. The molecule has 1 aromatic carbocycles. The number of piperidine rings is 1. The Bertz CT molecular complexity index is 576. The standard InChI is InChI=1S/C18H25N3O2/c1-12(2)14-5-7-15(8-6-14)16-17(22)21(18(23)20-16)11-13-4-3-9-19-10-13/h5-8,12-13,16,19H,3-4,9-11H2,1-2H3,(H,20,23). The average molecular weight is 315 g/mol. The minimum Gasteiger partial charge on any atom is -0.322 e. The van der Waals surface area contributed by atoms with Crippen molar-refractivity contribution in [2.24, 2.45) is 5.92 Å². The highest BCUT2D eigenvalue weighted by Gasteiger charge is 2.39. The van der Waals surface area contributed by atoms with E-state index in [2.05, 4.69) is 24.5 Å². The molecular formula is C18H25N3O2. The number of hydrogen-bond acceptors (Lipinski definition) is 3. The fraction of sp³-hybridized carbons (Fsp3) is 0.556. The van der Waals surface area contributed by atoms with Crippen LogP contribution in [0.3, 0.4) is 0 Å². The van der Waals surface area contributed by atoms with Crippen LogP contribution in [0.1, 0.15) is 49.8 Å². The van der Waals surface area contributed by atoms with Crippen LogP contribution in [0.15, 0.2) is 24.3 Å². The van der Waals surface area contributed by atoms with Crippen molar-refractivity contribution in [3.05, 3.63) is 35.4 Å². The number of amides is 3. The van der Waals surface area contributed by atoms with Crippen LogP contribution in [0.25, 0.3) is 0 Å². The van der Waals surface area contributed by atoms with Crippen LogP contribution in [0.2, 0.25) is 0 Å². The number of rotatable bonds is 4. The third kappa shape index (κ3) is 3.39. The SMILES string of the molecule is CC(C)c1ccc(C2NC(=O)N(CC3CCCNC3)C2=O)cc1. The summed E-state index contributed by atoms with van der Waals surface area (Å²) in [5.41, 5.74) is 2.09. The van der Waals surface area contributed by atoms with E-state index in [9.17, 15) is 9.59 Å². The Labute approximate surface area is 137 Å². The van der Waals surface area contributed by atoms with E-state index in [0.717, 1.165) is 31.5 Å². The lowest BCUT2D eigenvalue weighted by Gasteiger charge is -2.25. The lowest BCUT2D eigenvalue weighted by atomic mass is 9.98. The molecule has 2 atom stereocenters. The van der Waals surface area contributed by atoms with Gasteiger partial charge in [-0.25, -0.2) is 4.79 Å². The van der Waals surface area contributed by atoms with Gasteiger partial charge in [0, 0.05) is 6.54 Å². The normalized spacial score (nSPS) is 25.1. The second-order valence-corrected chi connectivity index (χ2v) is 6.87. The van der Waals surface area contributed by atoms with Crippen LogP contribution < -0.4 is 10.6 Å². The molecule has 2 N–H and O–H groups in total. The van der Waals surface area contributed by atoms with E-state index < -0.39 is 6.04 Å². The first-order valence-corrected chi connectivity index (χ1v) is 8.48. The first-order valence-electron chi connectivity index (χ1n) is 8.48. The molecular weight excluding hydrogens is 290 g/mol. The Hall–Kier alpha value is -1.88. The summed E-state index contributed by atoms with van der Waals surface area (Å²) in [5.74, 6) is 0.687. The van der Waals surface area contributed by atoms with Crippen molar-refractivity contribution < 1.29 is 9.59 Å². The minimum atomic E-state index is -0.541. The van der Waals surface area contributed by atoms with E-state index in [4.69, 9.17) is 0 Å². The molecule has 0 aromatic heterocycles. The third-order valence-corrected chi connectivity index (χ3v) is 4.80. The topological polar surface area (TPSA) is 61.4 Å². The summed E-state index contributed by atoms with van der Waals surface area (Å²) in [5, 5.41) is 6.15. The Morgan fingerprint density at radius 3 is 2.57 bits per heavy atom. The molecule has 3 rings (SSSR count). The van der Waals surface area contributed by atoms with Crippen LogP contribution in [-0.4, -0.2) is 36.5 Å². The molecule has 0 radical (unpaired) electrons. The molecule has 2 saturated heterocycles. The van der Waals surface area contributed by atoms with Gasteiger partial charge >= 0.3 is 6.03 Å². The molecule has 3 amide bonds. The third-order valence-electron chi connectivity index (χ3n) is 4.80. The van der Waals surface area contributed by atoms with Crippen LogP contribution in [-0.2, 0) is 4.79 Å². The lowest BCUT2D eigenvalue weighted by molar-refractivity contribution is -0.128. The van der Waals surface area contributed by atoms with Crippen molar-refractivity contribution in [3.8, 4) is 0 Å². The fourth-order valence-corrected chi connectivity index (χ4v) is 3.33. The number of hydrogen-bond donors (Lipinski definition) is 2. The molecule has 5 heteroatoms. The number of benzene rings is 1. The molecule has 2 aliphatic heterocycles. The van der Waals surface area contributed by atoms with Crippen molar-refractivity contribution in [2.45, 2.75) is 38.6 Å². The number of nitrogens with one attached hydrogen (secondary N) is 2. The molecule has 0 aliphatic carbocycles. The van der Waals surface area contributed by atoms with Gasteiger partial charge in [0.25, 0.3) is 5.91 Å². The van der Waals surface area contributed by atoms with Gasteiger partial charge in [0.05, 0.1) is 0 Å². The Balaban J connectivity index is 1.70. The van der Waals surface area contributed by atoms with Gasteiger partial charge in [0.1, 0.15) is 6.04 Å². The second-order valence-electron chi connectivity index (χ2n) is 6.87. The minimum absolute atomic E-state index is 0.127. The number of carbonyl (C=O) groups excluding carboxylic acids is 2. The number of nitrogens with zero attached hydrogens (tertiary/aromatic N) is 1. The van der Waals surface area contributed by atoms with E-state index in [1.165, 1.54) is 10.5 Å². The summed E-state index contributed by atoms with van der Waals surface area (Å²) in [4.78, 5) is 26.2. The molecule has 1 aromatic rings. The smallest absolute Gasteiger partial charge is 0.322 e. The van der Waals surface area contributed by atoms with Crippen molar-refractivity contribution >= 4 is 11.9 Å². The Kier molecular flexibility index (Phi) is 4.66. The van der Waals surface area contributed by atoms with E-state index in [-0.39, 0.29) is 11.9 Å². The molecule has 124 valence electrons. The zero-order chi connectivity index (χ0) is 16.4. The van der Waals surface area contributed by atoms with Crippen LogP contribution in [0.4, 0.5) is 4.79 Å². The monoisotopic (exact) mass is 315 g/mol. The molecule has 2 fully saturated rings. The summed E-state index contributed by atoms with van der Waals surface area (Å²) < 4.78 is 0. The predicted molar refractivity (Wildman–Crippen MR) is 89.1 cm³/mol. The average Bonchev–Trinajstić information content (AvgIpc) is 2.84. The quantitative estimate of drug-likeness (QED) is 0.839. The van der Waals surface area contributed by atoms with Crippen molar-refractivity contribution in [1.82, 2.24) is 15.5 Å². The van der Waals surface area contributed by atoms with Gasteiger partial charge in [-0.05, 0) is 48.9 Å². The van der Waals surface area contributed by atoms with Crippen molar-refractivity contribution in [1.29, 1.82) is 0 Å². The summed E-state index contributed by atoms with van der Waals surface area (Å²) in [6, 6.07) is 7.16. The first kappa shape index (κ1) is 16.0. The van der Waals surface area contributed by atoms with Gasteiger partial charge in [-0.2, -0.15) is 0 Å². The fourth-order valence-electron chi connectivity index (χ4n) is 3.33. The van der Waals surface area contributed by atoms with Crippen LogP contribution in [0, 0.1) is 5.92 Å². The Morgan fingerprint density at radius 1 is 1.22 bits per heavy atom. The molecule has 2 aliphatic rings. The maximum atomic E-state index is 12.6. The number of carbonyl (C=O) groups is 2. The lowest BCUT2D eigenvalue weighted by Crippen LogP contribution is -2.41. The van der Waals surface area contributed by atoms with Gasteiger partial charge in [-0.3, -0.25) is 9.69 Å². The van der Waals surface area contributed by atoms with Gasteiger partial charge in [-0.15, -0.1) is 0 Å². The van der Waals surface area contributed by atoms with Crippen LogP contribution >= 0.6 is 0 Å². The molecule has 5 nitrogen and oxygen atoms in total. The molecule has 2 heterocycles. The molecule has 0 bridgehead atoms. The van der Waals surface area contributed by atoms with Gasteiger partial charge in [-0.1, -0.05) is 38.1 Å². The van der Waals surface area contributed by atoms with E-state index in [0.29, 0.717) is 18.4 Å². The highest BCUT2D eigenvalue weighted by atomic mass is 16.2. The molecule has 2 unspecified atom stereocenters. The van der Waals surface area contributed by atoms with Gasteiger partial charge in [0.15, 0.2) is 0 Å². The highest BCUT2D eigenvalue weighted by molar-refractivity contribution is 6.04. The summed E-state index contributed by atoms with van der Waals surface area (Å²) >= 11 is 0. The van der Waals surface area contributed by atoms with Gasteiger partial charge in [0.2, 0.25) is 0 Å². The van der Waals surface area contributed by atoms with Crippen LogP contribution in [0.5, 0.6) is 0 Å². The molecule has 0 saturated carbocycles. The Morgan fingerprint density at radius 2 is 1.96 bits per heavy atom.